The molecular weight excluding hydrogens is 224 g/mol. The molecule has 0 aromatic heterocycles. The highest BCUT2D eigenvalue weighted by Gasteiger charge is 2.60. The first-order chi connectivity index (χ1) is 8.68. The highest BCUT2D eigenvalue weighted by molar-refractivity contribution is 5.86. The first-order valence-corrected chi connectivity index (χ1v) is 7.73. The molecule has 3 nitrogen and oxygen atoms in total. The topological polar surface area (TPSA) is 55.1 Å². The van der Waals surface area contributed by atoms with E-state index in [9.17, 15) is 4.79 Å². The zero-order valence-corrected chi connectivity index (χ0v) is 11.0. The van der Waals surface area contributed by atoms with Gasteiger partial charge in [0.05, 0.1) is 0 Å². The lowest BCUT2D eigenvalue weighted by atomic mass is 9.48. The summed E-state index contributed by atoms with van der Waals surface area (Å²) in [5.41, 5.74) is 5.52. The zero-order chi connectivity index (χ0) is 12.3. The molecule has 3 heteroatoms. The molecule has 5 aliphatic carbocycles. The fraction of sp³-hybridized carbons (Fsp3) is 0.933. The molecule has 1 amide bonds. The molecule has 0 unspecified atom stereocenters. The van der Waals surface area contributed by atoms with E-state index in [0.717, 1.165) is 24.3 Å². The van der Waals surface area contributed by atoms with Crippen LogP contribution < -0.4 is 11.1 Å². The van der Waals surface area contributed by atoms with Crippen LogP contribution >= 0.6 is 0 Å². The van der Waals surface area contributed by atoms with Gasteiger partial charge in [-0.25, -0.2) is 0 Å². The van der Waals surface area contributed by atoms with E-state index in [-0.39, 0.29) is 11.4 Å². The minimum Gasteiger partial charge on any atom is -0.368 e. The maximum atomic E-state index is 12.2. The minimum absolute atomic E-state index is 0.0584. The number of carbonyl (C=O) groups is 1. The summed E-state index contributed by atoms with van der Waals surface area (Å²) in [5.74, 6) is 3.61. The van der Waals surface area contributed by atoms with Gasteiger partial charge in [0, 0.05) is 0 Å². The molecule has 5 aliphatic rings. The highest BCUT2D eigenvalue weighted by atomic mass is 16.1. The van der Waals surface area contributed by atoms with E-state index in [4.69, 9.17) is 5.73 Å². The molecule has 0 aromatic carbocycles. The van der Waals surface area contributed by atoms with Gasteiger partial charge in [-0.1, -0.05) is 0 Å². The molecule has 0 aromatic rings. The molecule has 3 N–H and O–H groups in total. The lowest BCUT2D eigenvalue weighted by Crippen LogP contribution is -2.71. The van der Waals surface area contributed by atoms with Crippen molar-refractivity contribution in [2.45, 2.75) is 50.5 Å². The zero-order valence-electron chi connectivity index (χ0n) is 11.0. The SMILES string of the molecule is NC(=O)C1(NCC2CC2)C2CC3CC(C2)CC1C3. The number of hydrogen-bond acceptors (Lipinski definition) is 2. The van der Waals surface area contributed by atoms with Gasteiger partial charge in [-0.2, -0.15) is 0 Å². The summed E-state index contributed by atoms with van der Waals surface area (Å²) >= 11 is 0. The molecule has 4 bridgehead atoms. The van der Waals surface area contributed by atoms with Crippen LogP contribution in [0.1, 0.15) is 44.9 Å². The van der Waals surface area contributed by atoms with Gasteiger partial charge in [0.2, 0.25) is 5.91 Å². The quantitative estimate of drug-likeness (QED) is 0.795. The van der Waals surface area contributed by atoms with Crippen LogP contribution in [0, 0.1) is 29.6 Å². The van der Waals surface area contributed by atoms with Gasteiger partial charge in [0.25, 0.3) is 0 Å². The van der Waals surface area contributed by atoms with Crippen LogP contribution in [0.4, 0.5) is 0 Å². The van der Waals surface area contributed by atoms with Gasteiger partial charge >= 0.3 is 0 Å². The second-order valence-corrected chi connectivity index (χ2v) is 7.36. The molecule has 5 rings (SSSR count). The van der Waals surface area contributed by atoms with Gasteiger partial charge in [-0.05, 0) is 81.1 Å². The summed E-state index contributed by atoms with van der Waals surface area (Å²) in [5, 5.41) is 3.67. The van der Waals surface area contributed by atoms with Crippen LogP contribution in [0.25, 0.3) is 0 Å². The Morgan fingerprint density at radius 3 is 2.06 bits per heavy atom. The van der Waals surface area contributed by atoms with Crippen molar-refractivity contribution >= 4 is 5.91 Å². The maximum Gasteiger partial charge on any atom is 0.238 e. The minimum atomic E-state index is -0.337. The Hall–Kier alpha value is -0.570. The third kappa shape index (κ3) is 1.49. The lowest BCUT2D eigenvalue weighted by Gasteiger charge is -2.60. The van der Waals surface area contributed by atoms with Crippen molar-refractivity contribution in [1.82, 2.24) is 5.32 Å². The van der Waals surface area contributed by atoms with Crippen LogP contribution in [0.2, 0.25) is 0 Å². The largest absolute Gasteiger partial charge is 0.368 e. The van der Waals surface area contributed by atoms with Crippen molar-refractivity contribution < 1.29 is 4.79 Å². The molecule has 5 saturated carbocycles. The number of amides is 1. The molecule has 0 radical (unpaired) electrons. The van der Waals surface area contributed by atoms with E-state index in [1.54, 1.807) is 0 Å². The summed E-state index contributed by atoms with van der Waals surface area (Å²) < 4.78 is 0. The van der Waals surface area contributed by atoms with Crippen molar-refractivity contribution in [3.63, 3.8) is 0 Å². The van der Waals surface area contributed by atoms with Crippen LogP contribution in [-0.4, -0.2) is 18.0 Å². The standard InChI is InChI=1S/C15H24N2O/c16-14(18)15(17-8-9-1-2-9)12-4-10-3-11(6-12)7-13(15)5-10/h9-13,17H,1-8H2,(H2,16,18). The molecule has 0 saturated heterocycles. The third-order valence-corrected chi connectivity index (χ3v) is 6.21. The molecule has 0 atom stereocenters. The summed E-state index contributed by atoms with van der Waals surface area (Å²) in [7, 11) is 0. The lowest BCUT2D eigenvalue weighted by molar-refractivity contribution is -0.143. The molecule has 0 heterocycles. The summed E-state index contributed by atoms with van der Waals surface area (Å²) in [6.45, 7) is 1.02. The molecule has 18 heavy (non-hydrogen) atoms. The van der Waals surface area contributed by atoms with Crippen molar-refractivity contribution in [3.05, 3.63) is 0 Å². The van der Waals surface area contributed by atoms with Gasteiger partial charge in [0.1, 0.15) is 5.54 Å². The Bertz CT molecular complexity index is 347. The fourth-order valence-corrected chi connectivity index (χ4v) is 5.34. The van der Waals surface area contributed by atoms with Crippen molar-refractivity contribution in [2.24, 2.45) is 35.3 Å². The number of carbonyl (C=O) groups excluding carboxylic acids is 1. The van der Waals surface area contributed by atoms with Gasteiger partial charge < -0.3 is 11.1 Å². The van der Waals surface area contributed by atoms with E-state index >= 15 is 0 Å². The smallest absolute Gasteiger partial charge is 0.238 e. The van der Waals surface area contributed by atoms with E-state index in [1.165, 1.54) is 44.9 Å². The molecule has 100 valence electrons. The predicted octanol–water partition coefficient (Wildman–Crippen LogP) is 1.67. The Kier molecular flexibility index (Phi) is 2.33. The molecule has 0 spiro atoms. The highest BCUT2D eigenvalue weighted by Crippen LogP contribution is 2.58. The number of primary amides is 1. The van der Waals surface area contributed by atoms with Crippen LogP contribution in [0.3, 0.4) is 0 Å². The average molecular weight is 248 g/mol. The van der Waals surface area contributed by atoms with Gasteiger partial charge in [-0.3, -0.25) is 4.79 Å². The van der Waals surface area contributed by atoms with E-state index in [2.05, 4.69) is 5.32 Å². The summed E-state index contributed by atoms with van der Waals surface area (Å²) in [6.07, 6.45) is 9.07. The monoisotopic (exact) mass is 248 g/mol. The Labute approximate surface area is 109 Å². The Morgan fingerprint density at radius 1 is 1.06 bits per heavy atom. The predicted molar refractivity (Wildman–Crippen MR) is 69.7 cm³/mol. The third-order valence-electron chi connectivity index (χ3n) is 6.21. The number of hydrogen-bond donors (Lipinski definition) is 2. The Balaban J connectivity index is 1.62. The van der Waals surface area contributed by atoms with Crippen LogP contribution in [-0.2, 0) is 4.79 Å². The van der Waals surface area contributed by atoms with E-state index in [1.807, 2.05) is 0 Å². The average Bonchev–Trinajstić information content (AvgIpc) is 3.11. The number of rotatable bonds is 4. The van der Waals surface area contributed by atoms with E-state index < -0.39 is 0 Å². The van der Waals surface area contributed by atoms with E-state index in [0.29, 0.717) is 11.8 Å². The number of nitrogens with two attached hydrogens (primary N) is 1. The molecule has 0 aliphatic heterocycles. The second-order valence-electron chi connectivity index (χ2n) is 7.36. The maximum absolute atomic E-state index is 12.2. The first-order valence-electron chi connectivity index (χ1n) is 7.73. The van der Waals surface area contributed by atoms with Crippen molar-refractivity contribution in [3.8, 4) is 0 Å². The summed E-state index contributed by atoms with van der Waals surface area (Å²) in [4.78, 5) is 12.2. The van der Waals surface area contributed by atoms with Gasteiger partial charge in [-0.15, -0.1) is 0 Å². The molecular formula is C15H24N2O. The number of nitrogens with one attached hydrogen (secondary N) is 1. The van der Waals surface area contributed by atoms with Crippen molar-refractivity contribution in [2.75, 3.05) is 6.54 Å². The van der Waals surface area contributed by atoms with Crippen LogP contribution in [0.15, 0.2) is 0 Å². The summed E-state index contributed by atoms with van der Waals surface area (Å²) in [6, 6.07) is 0. The van der Waals surface area contributed by atoms with Crippen molar-refractivity contribution in [1.29, 1.82) is 0 Å². The fourth-order valence-electron chi connectivity index (χ4n) is 5.34. The Morgan fingerprint density at radius 2 is 1.61 bits per heavy atom. The normalized spacial score (nSPS) is 49.6. The first kappa shape index (κ1) is 11.3. The second kappa shape index (κ2) is 3.72. The van der Waals surface area contributed by atoms with Crippen LogP contribution in [0.5, 0.6) is 0 Å². The molecule has 5 fully saturated rings. The van der Waals surface area contributed by atoms with Gasteiger partial charge in [0.15, 0.2) is 0 Å².